The van der Waals surface area contributed by atoms with E-state index in [1.807, 2.05) is 7.05 Å². The van der Waals surface area contributed by atoms with E-state index in [4.69, 9.17) is 11.6 Å². The van der Waals surface area contributed by atoms with Gasteiger partial charge in [-0.25, -0.2) is 4.79 Å². The number of carbonyl (C=O) groups excluding carboxylic acids is 2. The Morgan fingerprint density at radius 1 is 1.21 bits per heavy atom. The van der Waals surface area contributed by atoms with Crippen molar-refractivity contribution < 1.29 is 14.7 Å². The van der Waals surface area contributed by atoms with Crippen molar-refractivity contribution in [1.29, 1.82) is 0 Å². The lowest BCUT2D eigenvalue weighted by atomic mass is 9.94. The summed E-state index contributed by atoms with van der Waals surface area (Å²) in [5, 5.41) is 12.5. The third kappa shape index (κ3) is 4.97. The molecule has 2 aliphatic rings. The van der Waals surface area contributed by atoms with Gasteiger partial charge in [-0.05, 0) is 49.8 Å². The fraction of sp³-hybridized carbons (Fsp3) is 0.619. The van der Waals surface area contributed by atoms with E-state index in [1.165, 1.54) is 6.42 Å². The van der Waals surface area contributed by atoms with Gasteiger partial charge in [0, 0.05) is 38.5 Å². The monoisotopic (exact) mass is 407 g/mol. The first-order valence-corrected chi connectivity index (χ1v) is 10.6. The summed E-state index contributed by atoms with van der Waals surface area (Å²) >= 11 is 6.38. The standard InChI is InChI=1S/C21H30ClN3O3/c1-24(17-7-3-2-4-8-17)20(27)18-10-9-16(12-19(18)22)23-21(28)25-11-5-6-15(13-25)14-26/h9-10,12,15,17,26H,2-8,11,13-14H2,1H3,(H,23,28). The number of nitrogens with zero attached hydrogens (tertiary/aromatic N) is 2. The number of nitrogens with one attached hydrogen (secondary N) is 1. The van der Waals surface area contributed by atoms with Crippen LogP contribution in [0, 0.1) is 5.92 Å². The first-order valence-electron chi connectivity index (χ1n) is 10.2. The van der Waals surface area contributed by atoms with E-state index in [1.54, 1.807) is 28.0 Å². The molecule has 1 aromatic carbocycles. The van der Waals surface area contributed by atoms with E-state index in [0.29, 0.717) is 29.4 Å². The van der Waals surface area contributed by atoms with E-state index in [0.717, 1.165) is 38.5 Å². The predicted octanol–water partition coefficient (Wildman–Crippen LogP) is 3.98. The summed E-state index contributed by atoms with van der Waals surface area (Å²) < 4.78 is 0. The van der Waals surface area contributed by atoms with Gasteiger partial charge in [-0.3, -0.25) is 4.79 Å². The molecule has 28 heavy (non-hydrogen) atoms. The maximum atomic E-state index is 12.8. The SMILES string of the molecule is CN(C(=O)c1ccc(NC(=O)N2CCCC(CO)C2)cc1Cl)C1CCCCC1. The Bertz CT molecular complexity index is 706. The molecule has 1 aromatic rings. The zero-order chi connectivity index (χ0) is 20.1. The number of benzene rings is 1. The van der Waals surface area contributed by atoms with Crippen molar-refractivity contribution in [3.8, 4) is 0 Å². The summed E-state index contributed by atoms with van der Waals surface area (Å²) in [5.41, 5.74) is 1.03. The predicted molar refractivity (Wildman–Crippen MR) is 111 cm³/mol. The fourth-order valence-corrected chi connectivity index (χ4v) is 4.45. The van der Waals surface area contributed by atoms with Crippen LogP contribution in [0.4, 0.5) is 10.5 Å². The molecule has 6 nitrogen and oxygen atoms in total. The van der Waals surface area contributed by atoms with Gasteiger partial charge in [0.2, 0.25) is 0 Å². The number of likely N-dealkylation sites (tertiary alicyclic amines) is 1. The molecule has 2 N–H and O–H groups in total. The van der Waals surface area contributed by atoms with Crippen LogP contribution in [-0.2, 0) is 0 Å². The number of aliphatic hydroxyl groups is 1. The Labute approximate surface area is 171 Å². The Balaban J connectivity index is 1.63. The number of halogens is 1. The van der Waals surface area contributed by atoms with Crippen LogP contribution in [-0.4, -0.2) is 59.6 Å². The molecular formula is C21H30ClN3O3. The van der Waals surface area contributed by atoms with Gasteiger partial charge in [0.05, 0.1) is 10.6 Å². The highest BCUT2D eigenvalue weighted by atomic mass is 35.5. The minimum atomic E-state index is -0.201. The number of anilines is 1. The third-order valence-electron chi connectivity index (χ3n) is 5.96. The van der Waals surface area contributed by atoms with Crippen LogP contribution in [0.2, 0.25) is 5.02 Å². The lowest BCUT2D eigenvalue weighted by Gasteiger charge is -2.32. The zero-order valence-corrected chi connectivity index (χ0v) is 17.2. The summed E-state index contributed by atoms with van der Waals surface area (Å²) in [7, 11) is 1.85. The molecule has 2 fully saturated rings. The number of carbonyl (C=O) groups is 2. The second-order valence-corrected chi connectivity index (χ2v) is 8.38. The quantitative estimate of drug-likeness (QED) is 0.792. The average Bonchev–Trinajstić information content (AvgIpc) is 2.73. The third-order valence-corrected chi connectivity index (χ3v) is 6.27. The van der Waals surface area contributed by atoms with Crippen molar-refractivity contribution in [2.75, 3.05) is 32.1 Å². The van der Waals surface area contributed by atoms with Gasteiger partial charge in [-0.15, -0.1) is 0 Å². The Kier molecular flexibility index (Phi) is 7.18. The van der Waals surface area contributed by atoms with Crippen molar-refractivity contribution in [2.45, 2.75) is 51.0 Å². The summed E-state index contributed by atoms with van der Waals surface area (Å²) in [6, 6.07) is 5.11. The molecule has 3 rings (SSSR count). The van der Waals surface area contributed by atoms with E-state index in [2.05, 4.69) is 5.32 Å². The second kappa shape index (κ2) is 9.61. The maximum absolute atomic E-state index is 12.8. The molecule has 0 bridgehead atoms. The minimum absolute atomic E-state index is 0.0726. The molecule has 1 aliphatic heterocycles. The Morgan fingerprint density at radius 3 is 2.64 bits per heavy atom. The average molecular weight is 408 g/mol. The van der Waals surface area contributed by atoms with E-state index >= 15 is 0 Å². The number of hydrogen-bond donors (Lipinski definition) is 2. The highest BCUT2D eigenvalue weighted by molar-refractivity contribution is 6.34. The number of amides is 3. The van der Waals surface area contributed by atoms with Crippen LogP contribution in [0.1, 0.15) is 55.3 Å². The molecule has 0 aromatic heterocycles. The molecular weight excluding hydrogens is 378 g/mol. The van der Waals surface area contributed by atoms with Crippen molar-refractivity contribution >= 4 is 29.2 Å². The van der Waals surface area contributed by atoms with Crippen LogP contribution in [0.15, 0.2) is 18.2 Å². The van der Waals surface area contributed by atoms with Crippen LogP contribution >= 0.6 is 11.6 Å². The minimum Gasteiger partial charge on any atom is -0.396 e. The van der Waals surface area contributed by atoms with Gasteiger partial charge >= 0.3 is 6.03 Å². The molecule has 1 aliphatic carbocycles. The summed E-state index contributed by atoms with van der Waals surface area (Å²) in [6.07, 6.45) is 7.47. The Hall–Kier alpha value is -1.79. The Morgan fingerprint density at radius 2 is 1.96 bits per heavy atom. The lowest BCUT2D eigenvalue weighted by Crippen LogP contribution is -2.43. The first-order chi connectivity index (χ1) is 13.5. The smallest absolute Gasteiger partial charge is 0.321 e. The lowest BCUT2D eigenvalue weighted by molar-refractivity contribution is 0.0696. The zero-order valence-electron chi connectivity index (χ0n) is 16.5. The molecule has 1 saturated carbocycles. The molecule has 1 saturated heterocycles. The van der Waals surface area contributed by atoms with Crippen molar-refractivity contribution in [1.82, 2.24) is 9.80 Å². The molecule has 0 radical (unpaired) electrons. The first kappa shape index (κ1) is 20.9. The molecule has 1 heterocycles. The van der Waals surface area contributed by atoms with Crippen LogP contribution in [0.25, 0.3) is 0 Å². The molecule has 3 amide bonds. The van der Waals surface area contributed by atoms with E-state index in [-0.39, 0.29) is 30.5 Å². The van der Waals surface area contributed by atoms with Crippen molar-refractivity contribution in [3.05, 3.63) is 28.8 Å². The van der Waals surface area contributed by atoms with Crippen LogP contribution < -0.4 is 5.32 Å². The van der Waals surface area contributed by atoms with Gasteiger partial charge < -0.3 is 20.2 Å². The molecule has 7 heteroatoms. The normalized spacial score (nSPS) is 20.7. The maximum Gasteiger partial charge on any atom is 0.321 e. The fourth-order valence-electron chi connectivity index (χ4n) is 4.19. The van der Waals surface area contributed by atoms with Crippen LogP contribution in [0.5, 0.6) is 0 Å². The molecule has 1 unspecified atom stereocenters. The molecule has 154 valence electrons. The largest absolute Gasteiger partial charge is 0.396 e. The number of rotatable bonds is 4. The number of piperidine rings is 1. The van der Waals surface area contributed by atoms with Crippen molar-refractivity contribution in [3.63, 3.8) is 0 Å². The van der Waals surface area contributed by atoms with Crippen molar-refractivity contribution in [2.24, 2.45) is 5.92 Å². The molecule has 0 spiro atoms. The van der Waals surface area contributed by atoms with Gasteiger partial charge in [0.15, 0.2) is 0 Å². The summed E-state index contributed by atoms with van der Waals surface area (Å²) in [5.74, 6) is 0.0648. The molecule has 1 atom stereocenters. The van der Waals surface area contributed by atoms with E-state index in [9.17, 15) is 14.7 Å². The highest BCUT2D eigenvalue weighted by Gasteiger charge is 2.25. The number of urea groups is 1. The number of aliphatic hydroxyl groups excluding tert-OH is 1. The van der Waals surface area contributed by atoms with Gasteiger partial charge in [0.1, 0.15) is 0 Å². The van der Waals surface area contributed by atoms with E-state index < -0.39 is 0 Å². The van der Waals surface area contributed by atoms with Gasteiger partial charge in [-0.1, -0.05) is 30.9 Å². The van der Waals surface area contributed by atoms with Crippen LogP contribution in [0.3, 0.4) is 0 Å². The number of hydrogen-bond acceptors (Lipinski definition) is 3. The highest BCUT2D eigenvalue weighted by Crippen LogP contribution is 2.27. The van der Waals surface area contributed by atoms with Gasteiger partial charge in [-0.2, -0.15) is 0 Å². The topological polar surface area (TPSA) is 72.9 Å². The second-order valence-electron chi connectivity index (χ2n) is 7.97. The van der Waals surface area contributed by atoms with Gasteiger partial charge in [0.25, 0.3) is 5.91 Å². The summed E-state index contributed by atoms with van der Waals surface area (Å²) in [4.78, 5) is 28.8. The summed E-state index contributed by atoms with van der Waals surface area (Å²) in [6.45, 7) is 1.33.